The predicted molar refractivity (Wildman–Crippen MR) is 84.1 cm³/mol. The van der Waals surface area contributed by atoms with Crippen LogP contribution in [-0.2, 0) is 11.3 Å². The minimum absolute atomic E-state index is 0.298. The van der Waals surface area contributed by atoms with Crippen LogP contribution in [0.1, 0.15) is 27.2 Å². The van der Waals surface area contributed by atoms with Gasteiger partial charge in [0.15, 0.2) is 5.96 Å². The Morgan fingerprint density at radius 3 is 2.65 bits per heavy atom. The van der Waals surface area contributed by atoms with Gasteiger partial charge in [-0.05, 0) is 39.3 Å². The summed E-state index contributed by atoms with van der Waals surface area (Å²) in [5, 5.41) is 6.59. The molecule has 5 heteroatoms. The Kier molecular flexibility index (Phi) is 8.54. The molecule has 0 saturated carbocycles. The summed E-state index contributed by atoms with van der Waals surface area (Å²) in [6.07, 6.45) is 5.38. The van der Waals surface area contributed by atoms with Crippen LogP contribution in [0.15, 0.2) is 29.5 Å². The third-order valence-corrected chi connectivity index (χ3v) is 2.70. The normalized spacial score (nSPS) is 11.9. The molecule has 0 radical (unpaired) electrons. The zero-order valence-corrected chi connectivity index (χ0v) is 12.9. The molecule has 0 spiro atoms. The molecule has 0 saturated heterocycles. The molecule has 1 aromatic heterocycles. The van der Waals surface area contributed by atoms with E-state index in [2.05, 4.69) is 53.4 Å². The zero-order chi connectivity index (χ0) is 14.6. The lowest BCUT2D eigenvalue weighted by atomic mass is 10.4. The Labute approximate surface area is 122 Å². The van der Waals surface area contributed by atoms with E-state index in [-0.39, 0.29) is 0 Å². The van der Waals surface area contributed by atoms with Gasteiger partial charge in [0.25, 0.3) is 0 Å². The number of hydrogen-bond donors (Lipinski definition) is 2. The molecule has 0 aromatic carbocycles. The van der Waals surface area contributed by atoms with Crippen LogP contribution in [0.2, 0.25) is 0 Å². The SMILES string of the molecule is CCNC(=NCCCOC(C)C)NCCn1cccc1. The largest absolute Gasteiger partial charge is 0.379 e. The fraction of sp³-hybridized carbons (Fsp3) is 0.667. The van der Waals surface area contributed by atoms with Crippen molar-refractivity contribution in [2.75, 3.05) is 26.2 Å². The van der Waals surface area contributed by atoms with Crippen LogP contribution < -0.4 is 10.6 Å². The molecule has 1 aromatic rings. The maximum Gasteiger partial charge on any atom is 0.191 e. The Hall–Kier alpha value is -1.49. The minimum Gasteiger partial charge on any atom is -0.379 e. The first kappa shape index (κ1) is 16.6. The van der Waals surface area contributed by atoms with E-state index in [0.717, 1.165) is 45.2 Å². The standard InChI is InChI=1S/C15H28N4O/c1-4-16-15(17-8-7-13-20-14(2)3)18-9-12-19-10-5-6-11-19/h5-6,10-11,14H,4,7-9,12-13H2,1-3H3,(H2,16,17,18). The van der Waals surface area contributed by atoms with Gasteiger partial charge in [-0.15, -0.1) is 0 Å². The summed E-state index contributed by atoms with van der Waals surface area (Å²) in [5.41, 5.74) is 0. The van der Waals surface area contributed by atoms with Crippen LogP contribution in [-0.4, -0.2) is 42.9 Å². The summed E-state index contributed by atoms with van der Waals surface area (Å²) >= 11 is 0. The molecule has 5 nitrogen and oxygen atoms in total. The predicted octanol–water partition coefficient (Wildman–Crippen LogP) is 1.86. The van der Waals surface area contributed by atoms with Gasteiger partial charge < -0.3 is 19.9 Å². The molecule has 20 heavy (non-hydrogen) atoms. The third-order valence-electron chi connectivity index (χ3n) is 2.70. The highest BCUT2D eigenvalue weighted by atomic mass is 16.5. The number of nitrogens with zero attached hydrogens (tertiary/aromatic N) is 2. The van der Waals surface area contributed by atoms with Crippen molar-refractivity contribution >= 4 is 5.96 Å². The van der Waals surface area contributed by atoms with E-state index < -0.39 is 0 Å². The average Bonchev–Trinajstić information content (AvgIpc) is 2.91. The van der Waals surface area contributed by atoms with Crippen molar-refractivity contribution in [2.24, 2.45) is 4.99 Å². The van der Waals surface area contributed by atoms with Crippen molar-refractivity contribution in [3.63, 3.8) is 0 Å². The van der Waals surface area contributed by atoms with Crippen LogP contribution in [0.25, 0.3) is 0 Å². The van der Waals surface area contributed by atoms with Crippen LogP contribution in [0.5, 0.6) is 0 Å². The zero-order valence-electron chi connectivity index (χ0n) is 12.9. The third kappa shape index (κ3) is 7.84. The monoisotopic (exact) mass is 280 g/mol. The van der Waals surface area contributed by atoms with E-state index >= 15 is 0 Å². The number of aliphatic imine (C=N–C) groups is 1. The summed E-state index contributed by atoms with van der Waals surface area (Å²) in [6.45, 7) is 10.4. The van der Waals surface area contributed by atoms with Gasteiger partial charge in [0.1, 0.15) is 0 Å². The molecule has 0 bridgehead atoms. The average molecular weight is 280 g/mol. The molecule has 2 N–H and O–H groups in total. The molecule has 1 heterocycles. The Bertz CT molecular complexity index is 360. The summed E-state index contributed by atoms with van der Waals surface area (Å²) in [6, 6.07) is 4.07. The number of aromatic nitrogens is 1. The minimum atomic E-state index is 0.298. The van der Waals surface area contributed by atoms with Gasteiger partial charge in [0.05, 0.1) is 6.10 Å². The van der Waals surface area contributed by atoms with Crippen molar-refractivity contribution in [3.05, 3.63) is 24.5 Å². The van der Waals surface area contributed by atoms with E-state index in [1.54, 1.807) is 0 Å². The van der Waals surface area contributed by atoms with E-state index in [0.29, 0.717) is 6.10 Å². The Morgan fingerprint density at radius 1 is 1.25 bits per heavy atom. The molecule has 114 valence electrons. The lowest BCUT2D eigenvalue weighted by molar-refractivity contribution is 0.0782. The van der Waals surface area contributed by atoms with Gasteiger partial charge in [0, 0.05) is 45.2 Å². The van der Waals surface area contributed by atoms with Crippen molar-refractivity contribution in [3.8, 4) is 0 Å². The number of ether oxygens (including phenoxy) is 1. The lowest BCUT2D eigenvalue weighted by Crippen LogP contribution is -2.38. The number of guanidine groups is 1. The molecule has 0 aliphatic rings. The second kappa shape index (κ2) is 10.3. The van der Waals surface area contributed by atoms with E-state index in [9.17, 15) is 0 Å². The highest BCUT2D eigenvalue weighted by molar-refractivity contribution is 5.79. The summed E-state index contributed by atoms with van der Waals surface area (Å²) in [4.78, 5) is 4.53. The smallest absolute Gasteiger partial charge is 0.191 e. The molecule has 0 fully saturated rings. The Morgan fingerprint density at radius 2 is 2.00 bits per heavy atom. The first-order valence-corrected chi connectivity index (χ1v) is 7.47. The molecule has 0 atom stereocenters. The summed E-state index contributed by atoms with van der Waals surface area (Å²) in [5.74, 6) is 0.879. The first-order valence-electron chi connectivity index (χ1n) is 7.47. The first-order chi connectivity index (χ1) is 9.72. The topological polar surface area (TPSA) is 50.6 Å². The van der Waals surface area contributed by atoms with E-state index in [1.165, 1.54) is 0 Å². The van der Waals surface area contributed by atoms with Crippen LogP contribution in [0.4, 0.5) is 0 Å². The van der Waals surface area contributed by atoms with Gasteiger partial charge in [-0.2, -0.15) is 0 Å². The van der Waals surface area contributed by atoms with Crippen molar-refractivity contribution in [1.29, 1.82) is 0 Å². The van der Waals surface area contributed by atoms with Crippen molar-refractivity contribution in [2.45, 2.75) is 39.8 Å². The summed E-state index contributed by atoms with van der Waals surface area (Å²) in [7, 11) is 0. The lowest BCUT2D eigenvalue weighted by Gasteiger charge is -2.12. The second-order valence-electron chi connectivity index (χ2n) is 4.88. The molecule has 0 amide bonds. The van der Waals surface area contributed by atoms with E-state index in [4.69, 9.17) is 4.74 Å². The van der Waals surface area contributed by atoms with Gasteiger partial charge in [-0.25, -0.2) is 0 Å². The van der Waals surface area contributed by atoms with Gasteiger partial charge in [0.2, 0.25) is 0 Å². The van der Waals surface area contributed by atoms with Gasteiger partial charge in [-0.1, -0.05) is 0 Å². The number of rotatable bonds is 9. The fourth-order valence-electron chi connectivity index (χ4n) is 1.74. The fourth-order valence-corrected chi connectivity index (χ4v) is 1.74. The highest BCUT2D eigenvalue weighted by Gasteiger charge is 1.97. The maximum absolute atomic E-state index is 5.50. The molecule has 1 rings (SSSR count). The maximum atomic E-state index is 5.50. The van der Waals surface area contributed by atoms with Crippen LogP contribution in [0.3, 0.4) is 0 Å². The number of nitrogens with one attached hydrogen (secondary N) is 2. The quantitative estimate of drug-likeness (QED) is 0.412. The van der Waals surface area contributed by atoms with Crippen molar-refractivity contribution < 1.29 is 4.74 Å². The molecular weight excluding hydrogens is 252 g/mol. The van der Waals surface area contributed by atoms with Crippen LogP contribution >= 0.6 is 0 Å². The molecule has 0 aliphatic carbocycles. The van der Waals surface area contributed by atoms with Gasteiger partial charge in [-0.3, -0.25) is 4.99 Å². The summed E-state index contributed by atoms with van der Waals surface area (Å²) < 4.78 is 7.65. The van der Waals surface area contributed by atoms with Gasteiger partial charge >= 0.3 is 0 Å². The molecular formula is C15H28N4O. The Balaban J connectivity index is 2.20. The second-order valence-corrected chi connectivity index (χ2v) is 4.88. The van der Waals surface area contributed by atoms with E-state index in [1.807, 2.05) is 12.1 Å². The molecule has 0 aliphatic heterocycles. The van der Waals surface area contributed by atoms with Crippen LogP contribution in [0, 0.1) is 0 Å². The number of hydrogen-bond acceptors (Lipinski definition) is 2. The highest BCUT2D eigenvalue weighted by Crippen LogP contribution is 1.91. The molecule has 0 unspecified atom stereocenters. The van der Waals surface area contributed by atoms with Crippen molar-refractivity contribution in [1.82, 2.24) is 15.2 Å².